The number of fused-ring (bicyclic) bond motifs is 1. The molecule has 0 saturated heterocycles. The van der Waals surface area contributed by atoms with E-state index < -0.39 is 16.2 Å². The number of nitrogens with one attached hydrogen (secondary N) is 3. The van der Waals surface area contributed by atoms with Crippen LogP contribution in [0.15, 0.2) is 66.9 Å². The third-order valence-electron chi connectivity index (χ3n) is 7.26. The maximum absolute atomic E-state index is 13.5. The van der Waals surface area contributed by atoms with Crippen LogP contribution in [0.4, 0.5) is 16.3 Å². The molecule has 0 aliphatic rings. The second-order valence-electron chi connectivity index (χ2n) is 11.9. The van der Waals surface area contributed by atoms with Crippen molar-refractivity contribution in [3.8, 4) is 0 Å². The van der Waals surface area contributed by atoms with Crippen LogP contribution in [0.25, 0.3) is 11.0 Å². The van der Waals surface area contributed by atoms with Crippen LogP contribution in [-0.4, -0.2) is 77.3 Å². The number of pyridine rings is 1. The molecule has 4 N–H and O–H groups in total. The number of unbranched alkanes of at least 4 members (excludes halogenated alkanes) is 3. The van der Waals surface area contributed by atoms with Gasteiger partial charge < -0.3 is 19.4 Å². The van der Waals surface area contributed by atoms with Crippen LogP contribution >= 0.6 is 0 Å². The van der Waals surface area contributed by atoms with E-state index in [1.165, 1.54) is 30.2 Å². The van der Waals surface area contributed by atoms with Crippen LogP contribution in [0.5, 0.6) is 0 Å². The maximum atomic E-state index is 13.5. The number of benzene rings is 2. The number of amidine groups is 1. The van der Waals surface area contributed by atoms with Crippen molar-refractivity contribution in [2.75, 3.05) is 36.2 Å². The predicted molar refractivity (Wildman–Crippen MR) is 206 cm³/mol. The molecule has 0 bridgehead atoms. The number of esters is 1. The molecule has 15 nitrogen and oxygen atoms in total. The van der Waals surface area contributed by atoms with E-state index in [9.17, 15) is 22.8 Å². The van der Waals surface area contributed by atoms with Gasteiger partial charge in [0, 0.05) is 31.0 Å². The summed E-state index contributed by atoms with van der Waals surface area (Å²) in [5.74, 6) is 0.838. The molecule has 288 valence electrons. The number of carbonyl (C=O) groups is 3. The van der Waals surface area contributed by atoms with E-state index >= 15 is 0 Å². The highest BCUT2D eigenvalue weighted by Gasteiger charge is 2.21. The highest BCUT2D eigenvalue weighted by Crippen LogP contribution is 2.21. The molecule has 0 saturated carbocycles. The fourth-order valence-electron chi connectivity index (χ4n) is 4.70. The Morgan fingerprint density at radius 3 is 2.30 bits per heavy atom. The second kappa shape index (κ2) is 22.6. The summed E-state index contributed by atoms with van der Waals surface area (Å²) in [6.45, 7) is 8.90. The minimum atomic E-state index is -3.67. The standard InChI is InChI=1S/C27H29N5O3.C9H18N2O2.CH4O3S/c1-4-35-26(33)14-16-32(24-7-5-6-15-28-24)27(34)20-10-13-23-22(17-20)30-25(31(23)3)18-29-21-11-8-19(2)9-12-21;1-3-4-5-6-7-13-9(12)11-8(2)10;1-5(2,3)4/h5-13,15,17,29H,4,14,16,18H2,1-3H3;3-7H2,1-2H3,(H2,10,11,12);1H3,(H,2,3,4). The van der Waals surface area contributed by atoms with E-state index in [1.54, 1.807) is 37.4 Å². The van der Waals surface area contributed by atoms with Crippen molar-refractivity contribution < 1.29 is 36.8 Å². The first-order valence-corrected chi connectivity index (χ1v) is 19.0. The summed E-state index contributed by atoms with van der Waals surface area (Å²) in [4.78, 5) is 46.8. The third kappa shape index (κ3) is 17.1. The molecule has 2 aromatic heterocycles. The topological polar surface area (TPSA) is 206 Å². The molecule has 4 aromatic rings. The summed E-state index contributed by atoms with van der Waals surface area (Å²) >= 11 is 0. The van der Waals surface area contributed by atoms with Gasteiger partial charge in [-0.3, -0.25) is 29.8 Å². The molecule has 0 fully saturated rings. The SMILES string of the molecule is CCCCCCOC(=O)NC(C)=N.CCOC(=O)CCN(C(=O)c1ccc2c(c1)nc(CNc1ccc(C)cc1)n2C)c1ccccn1.CS(=O)(=O)O. The molecule has 0 unspecified atom stereocenters. The maximum Gasteiger partial charge on any atom is 0.412 e. The molecule has 2 amide bonds. The van der Waals surface area contributed by atoms with E-state index in [-0.39, 0.29) is 30.7 Å². The fraction of sp³-hybridized carbons (Fsp3) is 0.405. The summed E-state index contributed by atoms with van der Waals surface area (Å²) in [6.07, 6.45) is 6.23. The van der Waals surface area contributed by atoms with E-state index in [4.69, 9.17) is 24.4 Å². The van der Waals surface area contributed by atoms with Gasteiger partial charge in [-0.05, 0) is 69.7 Å². The van der Waals surface area contributed by atoms with Crippen LogP contribution < -0.4 is 15.5 Å². The molecule has 2 heterocycles. The normalized spacial score (nSPS) is 10.5. The fourth-order valence-corrected chi connectivity index (χ4v) is 4.70. The summed E-state index contributed by atoms with van der Waals surface area (Å²) in [6, 6.07) is 19.0. The molecule has 0 spiro atoms. The zero-order chi connectivity index (χ0) is 39.4. The molecule has 0 radical (unpaired) electrons. The van der Waals surface area contributed by atoms with Gasteiger partial charge in [0.05, 0.1) is 49.3 Å². The molecule has 4 rings (SSSR count). The van der Waals surface area contributed by atoms with Crippen molar-refractivity contribution >= 4 is 56.5 Å². The summed E-state index contributed by atoms with van der Waals surface area (Å²) in [7, 11) is -1.71. The van der Waals surface area contributed by atoms with E-state index in [2.05, 4.69) is 41.6 Å². The predicted octanol–water partition coefficient (Wildman–Crippen LogP) is 6.28. The number of carbonyl (C=O) groups excluding carboxylic acids is 3. The minimum absolute atomic E-state index is 0.0802. The van der Waals surface area contributed by atoms with Crippen molar-refractivity contribution in [3.05, 3.63) is 83.8 Å². The monoisotopic (exact) mass is 753 g/mol. The Labute approximate surface area is 311 Å². The Balaban J connectivity index is 0.000000449. The van der Waals surface area contributed by atoms with Gasteiger partial charge in [-0.2, -0.15) is 8.42 Å². The molecule has 0 atom stereocenters. The molecule has 53 heavy (non-hydrogen) atoms. The van der Waals surface area contributed by atoms with Crippen molar-refractivity contribution in [1.82, 2.24) is 19.9 Å². The largest absolute Gasteiger partial charge is 0.466 e. The van der Waals surface area contributed by atoms with Crippen LogP contribution in [-0.2, 0) is 38.0 Å². The summed E-state index contributed by atoms with van der Waals surface area (Å²) in [5, 5.41) is 12.6. The Morgan fingerprint density at radius 1 is 1.00 bits per heavy atom. The number of rotatable bonds is 14. The molecular formula is C37H51N7O8S. The van der Waals surface area contributed by atoms with Crippen molar-refractivity contribution in [2.45, 2.75) is 66.3 Å². The first kappa shape index (κ1) is 43.8. The van der Waals surface area contributed by atoms with Gasteiger partial charge in [-0.1, -0.05) is 49.9 Å². The minimum Gasteiger partial charge on any atom is -0.466 e. The molecule has 0 aliphatic heterocycles. The Bertz CT molecular complexity index is 1870. The lowest BCUT2D eigenvalue weighted by Crippen LogP contribution is -2.34. The lowest BCUT2D eigenvalue weighted by molar-refractivity contribution is -0.142. The van der Waals surface area contributed by atoms with Gasteiger partial charge in [0.25, 0.3) is 16.0 Å². The van der Waals surface area contributed by atoms with Crippen molar-refractivity contribution in [1.29, 1.82) is 5.41 Å². The highest BCUT2D eigenvalue weighted by atomic mass is 32.2. The quantitative estimate of drug-likeness (QED) is 0.0371. The van der Waals surface area contributed by atoms with Gasteiger partial charge in [0.15, 0.2) is 0 Å². The summed E-state index contributed by atoms with van der Waals surface area (Å²) in [5.41, 5.74) is 4.36. The lowest BCUT2D eigenvalue weighted by Gasteiger charge is -2.21. The molecular weight excluding hydrogens is 703 g/mol. The van der Waals surface area contributed by atoms with Gasteiger partial charge in [-0.15, -0.1) is 0 Å². The van der Waals surface area contributed by atoms with E-state index in [0.29, 0.717) is 37.4 Å². The van der Waals surface area contributed by atoms with E-state index in [1.807, 2.05) is 35.9 Å². The zero-order valence-corrected chi connectivity index (χ0v) is 32.0. The first-order valence-electron chi connectivity index (χ1n) is 17.2. The van der Waals surface area contributed by atoms with Crippen LogP contribution in [0, 0.1) is 12.3 Å². The van der Waals surface area contributed by atoms with Crippen LogP contribution in [0.1, 0.15) is 74.6 Å². The number of ether oxygens (including phenoxy) is 2. The number of amides is 2. The van der Waals surface area contributed by atoms with Crippen molar-refractivity contribution in [3.63, 3.8) is 0 Å². The number of aryl methyl sites for hydroxylation is 2. The Kier molecular flexibility index (Phi) is 18.6. The average molecular weight is 754 g/mol. The number of anilines is 2. The van der Waals surface area contributed by atoms with Crippen molar-refractivity contribution in [2.24, 2.45) is 7.05 Å². The van der Waals surface area contributed by atoms with Crippen LogP contribution in [0.2, 0.25) is 0 Å². The Hall–Kier alpha value is -5.35. The average Bonchev–Trinajstić information content (AvgIpc) is 3.42. The van der Waals surface area contributed by atoms with E-state index in [0.717, 1.165) is 35.4 Å². The van der Waals surface area contributed by atoms with Gasteiger partial charge in [0.2, 0.25) is 0 Å². The summed E-state index contributed by atoms with van der Waals surface area (Å²) < 4.78 is 37.7. The number of imidazole rings is 1. The highest BCUT2D eigenvalue weighted by molar-refractivity contribution is 7.85. The number of hydrogen-bond donors (Lipinski definition) is 4. The number of nitrogens with zero attached hydrogens (tertiary/aromatic N) is 4. The number of alkyl carbamates (subject to hydrolysis) is 1. The first-order chi connectivity index (χ1) is 25.1. The molecule has 0 aliphatic carbocycles. The zero-order valence-electron chi connectivity index (χ0n) is 31.2. The van der Waals surface area contributed by atoms with Gasteiger partial charge >= 0.3 is 12.1 Å². The number of aromatic nitrogens is 3. The lowest BCUT2D eigenvalue weighted by atomic mass is 10.1. The second-order valence-corrected chi connectivity index (χ2v) is 13.4. The third-order valence-corrected chi connectivity index (χ3v) is 7.26. The molecule has 16 heteroatoms. The molecule has 2 aromatic carbocycles. The number of hydrogen-bond acceptors (Lipinski definition) is 11. The van der Waals surface area contributed by atoms with Gasteiger partial charge in [-0.25, -0.2) is 14.8 Å². The van der Waals surface area contributed by atoms with Gasteiger partial charge in [0.1, 0.15) is 11.6 Å². The smallest absolute Gasteiger partial charge is 0.412 e. The Morgan fingerprint density at radius 2 is 1.70 bits per heavy atom. The van der Waals surface area contributed by atoms with Crippen LogP contribution in [0.3, 0.4) is 0 Å².